The molecule has 3 N–H and O–H groups in total. The number of carbonyl (C=O) groups excluding carboxylic acids is 1. The van der Waals surface area contributed by atoms with Crippen molar-refractivity contribution in [2.45, 2.75) is 12.8 Å². The number of aromatic hydroxyl groups is 2. The van der Waals surface area contributed by atoms with Crippen LogP contribution in [0.5, 0.6) is 11.5 Å². The molecule has 0 spiro atoms. The van der Waals surface area contributed by atoms with Gasteiger partial charge in [-0.15, -0.1) is 0 Å². The van der Waals surface area contributed by atoms with Crippen LogP contribution in [0.15, 0.2) is 18.2 Å². The summed E-state index contributed by atoms with van der Waals surface area (Å²) in [6, 6.07) is 3.92. The first-order valence-electron chi connectivity index (χ1n) is 4.31. The molecule has 0 aliphatic heterocycles. The highest BCUT2D eigenvalue weighted by molar-refractivity contribution is 5.96. The number of phenols is 2. The van der Waals surface area contributed by atoms with E-state index in [-0.39, 0.29) is 30.3 Å². The summed E-state index contributed by atoms with van der Waals surface area (Å²) in [5.41, 5.74) is 0.341. The van der Waals surface area contributed by atoms with Crippen LogP contribution in [0.1, 0.15) is 23.2 Å². The molecule has 1 aromatic rings. The van der Waals surface area contributed by atoms with Gasteiger partial charge in [0.2, 0.25) is 0 Å². The second-order valence-electron chi connectivity index (χ2n) is 2.95. The number of hydrogen-bond donors (Lipinski definition) is 3. The van der Waals surface area contributed by atoms with Crippen molar-refractivity contribution in [2.24, 2.45) is 0 Å². The minimum atomic E-state index is -0.306. The summed E-state index contributed by atoms with van der Waals surface area (Å²) in [6.45, 7) is -0.0319. The van der Waals surface area contributed by atoms with Gasteiger partial charge < -0.3 is 15.3 Å². The van der Waals surface area contributed by atoms with Crippen molar-refractivity contribution in [1.29, 1.82) is 0 Å². The number of rotatable bonds is 4. The molecule has 0 aromatic heterocycles. The van der Waals surface area contributed by atoms with E-state index in [0.717, 1.165) is 0 Å². The van der Waals surface area contributed by atoms with Crippen LogP contribution in [-0.2, 0) is 0 Å². The van der Waals surface area contributed by atoms with Crippen LogP contribution in [0.25, 0.3) is 0 Å². The van der Waals surface area contributed by atoms with Gasteiger partial charge in [-0.05, 0) is 24.6 Å². The van der Waals surface area contributed by atoms with Crippen molar-refractivity contribution < 1.29 is 20.1 Å². The number of hydrogen-bond acceptors (Lipinski definition) is 4. The van der Waals surface area contributed by atoms with Crippen LogP contribution in [0.4, 0.5) is 0 Å². The summed E-state index contributed by atoms with van der Waals surface area (Å²) in [5, 5.41) is 26.6. The zero-order valence-corrected chi connectivity index (χ0v) is 7.60. The highest BCUT2D eigenvalue weighted by Gasteiger charge is 2.07. The SMILES string of the molecule is O=C(CCCO)c1ccc(O)c(O)c1. The van der Waals surface area contributed by atoms with Crippen molar-refractivity contribution >= 4 is 5.78 Å². The molecule has 0 saturated carbocycles. The molecule has 0 amide bonds. The molecule has 1 rings (SSSR count). The Hall–Kier alpha value is -1.55. The smallest absolute Gasteiger partial charge is 0.163 e. The molecule has 0 saturated heterocycles. The first-order chi connectivity index (χ1) is 6.65. The summed E-state index contributed by atoms with van der Waals surface area (Å²) >= 11 is 0. The molecular weight excluding hydrogens is 184 g/mol. The van der Waals surface area contributed by atoms with Gasteiger partial charge in [0, 0.05) is 18.6 Å². The Morgan fingerprint density at radius 1 is 1.21 bits per heavy atom. The molecule has 4 nitrogen and oxygen atoms in total. The Bertz CT molecular complexity index is 333. The average molecular weight is 196 g/mol. The van der Waals surface area contributed by atoms with E-state index in [0.29, 0.717) is 12.0 Å². The zero-order chi connectivity index (χ0) is 10.6. The Balaban J connectivity index is 2.76. The van der Waals surface area contributed by atoms with E-state index in [1.165, 1.54) is 18.2 Å². The maximum Gasteiger partial charge on any atom is 0.163 e. The van der Waals surface area contributed by atoms with E-state index >= 15 is 0 Å². The lowest BCUT2D eigenvalue weighted by atomic mass is 10.1. The average Bonchev–Trinajstić information content (AvgIpc) is 2.18. The maximum absolute atomic E-state index is 11.4. The summed E-state index contributed by atoms with van der Waals surface area (Å²) in [4.78, 5) is 11.4. The summed E-state index contributed by atoms with van der Waals surface area (Å²) in [5.74, 6) is -0.710. The summed E-state index contributed by atoms with van der Waals surface area (Å²) in [6.07, 6.45) is 0.640. The van der Waals surface area contributed by atoms with Gasteiger partial charge in [-0.1, -0.05) is 0 Å². The first-order valence-corrected chi connectivity index (χ1v) is 4.31. The van der Waals surface area contributed by atoms with Crippen LogP contribution in [0.2, 0.25) is 0 Å². The molecule has 1 aromatic carbocycles. The molecule has 0 heterocycles. The number of carbonyl (C=O) groups is 1. The molecule has 4 heteroatoms. The number of ketones is 1. The molecule has 0 unspecified atom stereocenters. The predicted octanol–water partition coefficient (Wildman–Crippen LogP) is 1.05. The summed E-state index contributed by atoms with van der Waals surface area (Å²) < 4.78 is 0. The number of Topliss-reactive ketones (excluding diaryl/α,β-unsaturated/α-hetero) is 1. The fourth-order valence-electron chi connectivity index (χ4n) is 1.08. The number of aliphatic hydroxyl groups excluding tert-OH is 1. The minimum Gasteiger partial charge on any atom is -0.504 e. The highest BCUT2D eigenvalue weighted by atomic mass is 16.3. The van der Waals surface area contributed by atoms with Crippen molar-refractivity contribution in [1.82, 2.24) is 0 Å². The standard InChI is InChI=1S/C10H12O4/c11-5-1-2-8(12)7-3-4-9(13)10(14)6-7/h3-4,6,11,13-14H,1-2,5H2. The van der Waals surface area contributed by atoms with E-state index in [1.54, 1.807) is 0 Å². The molecule has 14 heavy (non-hydrogen) atoms. The molecule has 0 radical (unpaired) electrons. The van der Waals surface area contributed by atoms with Gasteiger partial charge in [0.15, 0.2) is 17.3 Å². The van der Waals surface area contributed by atoms with Crippen molar-refractivity contribution in [3.63, 3.8) is 0 Å². The van der Waals surface area contributed by atoms with E-state index in [2.05, 4.69) is 0 Å². The third-order valence-corrected chi connectivity index (χ3v) is 1.86. The number of phenolic OH excluding ortho intramolecular Hbond substituents is 2. The Kier molecular flexibility index (Phi) is 3.48. The van der Waals surface area contributed by atoms with Crippen LogP contribution in [-0.4, -0.2) is 27.7 Å². The monoisotopic (exact) mass is 196 g/mol. The van der Waals surface area contributed by atoms with Crippen molar-refractivity contribution in [3.05, 3.63) is 23.8 Å². The zero-order valence-electron chi connectivity index (χ0n) is 7.60. The maximum atomic E-state index is 11.4. The second-order valence-corrected chi connectivity index (χ2v) is 2.95. The molecule has 0 aliphatic rings. The predicted molar refractivity (Wildman–Crippen MR) is 50.4 cm³/mol. The van der Waals surface area contributed by atoms with Gasteiger partial charge in [0.1, 0.15) is 0 Å². The minimum absolute atomic E-state index is 0.0319. The van der Waals surface area contributed by atoms with Crippen LogP contribution < -0.4 is 0 Å². The Morgan fingerprint density at radius 2 is 1.93 bits per heavy atom. The third-order valence-electron chi connectivity index (χ3n) is 1.86. The molecule has 0 bridgehead atoms. The molecule has 76 valence electrons. The number of aliphatic hydroxyl groups is 1. The van der Waals surface area contributed by atoms with Gasteiger partial charge in [0.25, 0.3) is 0 Å². The van der Waals surface area contributed by atoms with Gasteiger partial charge in [-0.25, -0.2) is 0 Å². The largest absolute Gasteiger partial charge is 0.504 e. The first kappa shape index (κ1) is 10.5. The fraction of sp³-hybridized carbons (Fsp3) is 0.300. The Morgan fingerprint density at radius 3 is 2.50 bits per heavy atom. The molecule has 0 aliphatic carbocycles. The quantitative estimate of drug-likeness (QED) is 0.497. The van der Waals surface area contributed by atoms with Crippen LogP contribution in [0.3, 0.4) is 0 Å². The molecule has 0 fully saturated rings. The molecule has 0 atom stereocenters. The fourth-order valence-corrected chi connectivity index (χ4v) is 1.08. The van der Waals surface area contributed by atoms with Gasteiger partial charge in [0.05, 0.1) is 0 Å². The highest BCUT2D eigenvalue weighted by Crippen LogP contribution is 2.25. The lowest BCUT2D eigenvalue weighted by molar-refractivity contribution is 0.0971. The normalized spacial score (nSPS) is 10.1. The molecular formula is C10H12O4. The second kappa shape index (κ2) is 4.62. The Labute approximate surface area is 81.4 Å². The van der Waals surface area contributed by atoms with Gasteiger partial charge in [-0.2, -0.15) is 0 Å². The van der Waals surface area contributed by atoms with Crippen LogP contribution >= 0.6 is 0 Å². The lowest BCUT2D eigenvalue weighted by Crippen LogP contribution is -1.99. The van der Waals surface area contributed by atoms with E-state index in [9.17, 15) is 4.79 Å². The topological polar surface area (TPSA) is 77.8 Å². The van der Waals surface area contributed by atoms with Crippen LogP contribution in [0, 0.1) is 0 Å². The van der Waals surface area contributed by atoms with Gasteiger partial charge in [-0.3, -0.25) is 4.79 Å². The third kappa shape index (κ3) is 2.47. The lowest BCUT2D eigenvalue weighted by Gasteiger charge is -2.01. The van der Waals surface area contributed by atoms with E-state index in [4.69, 9.17) is 15.3 Å². The van der Waals surface area contributed by atoms with Crippen molar-refractivity contribution in [3.8, 4) is 11.5 Å². The van der Waals surface area contributed by atoms with Gasteiger partial charge >= 0.3 is 0 Å². The van der Waals surface area contributed by atoms with E-state index < -0.39 is 0 Å². The van der Waals surface area contributed by atoms with E-state index in [1.807, 2.05) is 0 Å². The number of benzene rings is 1. The van der Waals surface area contributed by atoms with Crippen molar-refractivity contribution in [2.75, 3.05) is 6.61 Å². The summed E-state index contributed by atoms with van der Waals surface area (Å²) in [7, 11) is 0.